The maximum atomic E-state index is 11.9. The molecule has 0 aliphatic carbocycles. The Morgan fingerprint density at radius 2 is 1.84 bits per heavy atom. The lowest BCUT2D eigenvalue weighted by atomic mass is 10.2. The third kappa shape index (κ3) is 5.20. The van der Waals surface area contributed by atoms with Gasteiger partial charge in [0.15, 0.2) is 6.10 Å². The molecule has 4 heteroatoms. The molecule has 106 valence electrons. The highest BCUT2D eigenvalue weighted by molar-refractivity contribution is 5.81. The minimum absolute atomic E-state index is 0.0493. The van der Waals surface area contributed by atoms with Gasteiger partial charge in [0.05, 0.1) is 7.11 Å². The predicted molar refractivity (Wildman–Crippen MR) is 75.6 cm³/mol. The quantitative estimate of drug-likeness (QED) is 0.735. The number of amides is 1. The van der Waals surface area contributed by atoms with Crippen LogP contribution in [0.5, 0.6) is 11.5 Å². The van der Waals surface area contributed by atoms with E-state index in [2.05, 4.69) is 12.2 Å². The van der Waals surface area contributed by atoms with Crippen LogP contribution in [-0.2, 0) is 4.79 Å². The lowest BCUT2D eigenvalue weighted by molar-refractivity contribution is -0.128. The fourth-order valence-corrected chi connectivity index (χ4v) is 1.64. The molecule has 0 bridgehead atoms. The van der Waals surface area contributed by atoms with Crippen LogP contribution in [0.2, 0.25) is 0 Å². The second-order valence-electron chi connectivity index (χ2n) is 4.33. The average molecular weight is 265 g/mol. The first-order valence-electron chi connectivity index (χ1n) is 6.79. The Morgan fingerprint density at radius 1 is 1.21 bits per heavy atom. The van der Waals surface area contributed by atoms with Gasteiger partial charge in [0.2, 0.25) is 0 Å². The molecular weight excluding hydrogens is 242 g/mol. The van der Waals surface area contributed by atoms with Crippen molar-refractivity contribution in [3.8, 4) is 11.5 Å². The summed E-state index contributed by atoms with van der Waals surface area (Å²) in [7, 11) is 1.62. The number of hydrogen-bond donors (Lipinski definition) is 1. The standard InChI is InChI=1S/C15H23NO3/c1-4-6-11-16-15(17)14(5-2)19-13-9-7-12(18-3)8-10-13/h7-10,14H,4-6,11H2,1-3H3,(H,16,17)/t14-/m1/s1. The molecule has 0 unspecified atom stereocenters. The molecule has 0 aromatic heterocycles. The predicted octanol–water partition coefficient (Wildman–Crippen LogP) is 2.77. The first-order chi connectivity index (χ1) is 9.21. The summed E-state index contributed by atoms with van der Waals surface area (Å²) in [5, 5.41) is 2.89. The van der Waals surface area contributed by atoms with E-state index in [1.165, 1.54) is 0 Å². The van der Waals surface area contributed by atoms with Crippen molar-refractivity contribution in [3.63, 3.8) is 0 Å². The van der Waals surface area contributed by atoms with Crippen LogP contribution in [0, 0.1) is 0 Å². The van der Waals surface area contributed by atoms with E-state index >= 15 is 0 Å². The van der Waals surface area contributed by atoms with Gasteiger partial charge in [0.1, 0.15) is 11.5 Å². The van der Waals surface area contributed by atoms with Crippen molar-refractivity contribution in [2.45, 2.75) is 39.2 Å². The van der Waals surface area contributed by atoms with E-state index in [1.54, 1.807) is 19.2 Å². The van der Waals surface area contributed by atoms with E-state index in [-0.39, 0.29) is 5.91 Å². The lowest BCUT2D eigenvalue weighted by Gasteiger charge is -2.17. The second kappa shape index (κ2) is 8.40. The van der Waals surface area contributed by atoms with E-state index in [1.807, 2.05) is 19.1 Å². The summed E-state index contributed by atoms with van der Waals surface area (Å²) < 4.78 is 10.8. The minimum atomic E-state index is -0.440. The highest BCUT2D eigenvalue weighted by Crippen LogP contribution is 2.18. The molecule has 1 atom stereocenters. The molecule has 4 nitrogen and oxygen atoms in total. The molecule has 0 fully saturated rings. The maximum Gasteiger partial charge on any atom is 0.261 e. The number of carbonyl (C=O) groups is 1. The lowest BCUT2D eigenvalue weighted by Crippen LogP contribution is -2.38. The first kappa shape index (κ1) is 15.3. The highest BCUT2D eigenvalue weighted by atomic mass is 16.5. The highest BCUT2D eigenvalue weighted by Gasteiger charge is 2.17. The van der Waals surface area contributed by atoms with Crippen molar-refractivity contribution in [2.75, 3.05) is 13.7 Å². The van der Waals surface area contributed by atoms with Gasteiger partial charge >= 0.3 is 0 Å². The fraction of sp³-hybridized carbons (Fsp3) is 0.533. The Hall–Kier alpha value is -1.71. The largest absolute Gasteiger partial charge is 0.497 e. The zero-order chi connectivity index (χ0) is 14.1. The SMILES string of the molecule is CCCCNC(=O)[C@@H](CC)Oc1ccc(OC)cc1. The van der Waals surface area contributed by atoms with Crippen molar-refractivity contribution in [1.29, 1.82) is 0 Å². The summed E-state index contributed by atoms with van der Waals surface area (Å²) >= 11 is 0. The van der Waals surface area contributed by atoms with E-state index in [0.717, 1.165) is 18.6 Å². The van der Waals surface area contributed by atoms with Crippen LogP contribution in [0.4, 0.5) is 0 Å². The van der Waals surface area contributed by atoms with Crippen molar-refractivity contribution in [1.82, 2.24) is 5.32 Å². The van der Waals surface area contributed by atoms with Gasteiger partial charge in [-0.1, -0.05) is 20.3 Å². The molecule has 0 radical (unpaired) electrons. The molecule has 1 rings (SSSR count). The summed E-state index contributed by atoms with van der Waals surface area (Å²) in [6, 6.07) is 7.25. The summed E-state index contributed by atoms with van der Waals surface area (Å²) in [5.41, 5.74) is 0. The van der Waals surface area contributed by atoms with E-state index < -0.39 is 6.10 Å². The Kier molecular flexibility index (Phi) is 6.79. The van der Waals surface area contributed by atoms with Crippen LogP contribution in [0.15, 0.2) is 24.3 Å². The molecule has 19 heavy (non-hydrogen) atoms. The van der Waals surface area contributed by atoms with Crippen LogP contribution in [0.25, 0.3) is 0 Å². The summed E-state index contributed by atoms with van der Waals surface area (Å²) in [6.45, 7) is 4.74. The molecule has 1 N–H and O–H groups in total. The number of rotatable bonds is 8. The summed E-state index contributed by atoms with van der Waals surface area (Å²) in [6.07, 6.45) is 2.26. The molecular formula is C15H23NO3. The average Bonchev–Trinajstić information content (AvgIpc) is 2.45. The van der Waals surface area contributed by atoms with Gasteiger partial charge in [-0.05, 0) is 37.1 Å². The maximum absolute atomic E-state index is 11.9. The normalized spacial score (nSPS) is 11.7. The molecule has 0 heterocycles. The number of carbonyl (C=O) groups excluding carboxylic acids is 1. The first-order valence-corrected chi connectivity index (χ1v) is 6.79. The van der Waals surface area contributed by atoms with E-state index in [0.29, 0.717) is 18.7 Å². The van der Waals surface area contributed by atoms with Crippen LogP contribution in [0.1, 0.15) is 33.1 Å². The van der Waals surface area contributed by atoms with Crippen molar-refractivity contribution >= 4 is 5.91 Å². The fourth-order valence-electron chi connectivity index (χ4n) is 1.64. The van der Waals surface area contributed by atoms with Crippen LogP contribution < -0.4 is 14.8 Å². The van der Waals surface area contributed by atoms with Gasteiger partial charge in [-0.15, -0.1) is 0 Å². The van der Waals surface area contributed by atoms with E-state index in [9.17, 15) is 4.79 Å². The van der Waals surface area contributed by atoms with Gasteiger partial charge < -0.3 is 14.8 Å². The van der Waals surface area contributed by atoms with Crippen LogP contribution in [0.3, 0.4) is 0 Å². The Bertz CT molecular complexity index is 375. The van der Waals surface area contributed by atoms with Crippen molar-refractivity contribution in [2.24, 2.45) is 0 Å². The smallest absolute Gasteiger partial charge is 0.261 e. The van der Waals surface area contributed by atoms with Gasteiger partial charge in [-0.25, -0.2) is 0 Å². The zero-order valence-corrected chi connectivity index (χ0v) is 11.9. The van der Waals surface area contributed by atoms with Gasteiger partial charge in [0.25, 0.3) is 5.91 Å². The number of benzene rings is 1. The second-order valence-corrected chi connectivity index (χ2v) is 4.33. The zero-order valence-electron chi connectivity index (χ0n) is 11.9. The molecule has 0 saturated carbocycles. The van der Waals surface area contributed by atoms with Crippen molar-refractivity contribution < 1.29 is 14.3 Å². The van der Waals surface area contributed by atoms with Gasteiger partial charge in [0, 0.05) is 6.54 Å². The minimum Gasteiger partial charge on any atom is -0.497 e. The third-order valence-electron chi connectivity index (χ3n) is 2.83. The van der Waals surface area contributed by atoms with Crippen LogP contribution in [-0.4, -0.2) is 25.7 Å². The Morgan fingerprint density at radius 3 is 2.37 bits per heavy atom. The van der Waals surface area contributed by atoms with Gasteiger partial charge in [-0.2, -0.15) is 0 Å². The Balaban J connectivity index is 2.52. The monoisotopic (exact) mass is 265 g/mol. The summed E-state index contributed by atoms with van der Waals surface area (Å²) in [4.78, 5) is 11.9. The molecule has 1 aromatic rings. The number of hydrogen-bond acceptors (Lipinski definition) is 3. The van der Waals surface area contributed by atoms with Crippen LogP contribution >= 0.6 is 0 Å². The molecule has 1 aromatic carbocycles. The molecule has 1 amide bonds. The summed E-state index contributed by atoms with van der Waals surface area (Å²) in [5.74, 6) is 1.40. The van der Waals surface area contributed by atoms with Crippen molar-refractivity contribution in [3.05, 3.63) is 24.3 Å². The third-order valence-corrected chi connectivity index (χ3v) is 2.83. The number of unbranched alkanes of at least 4 members (excludes halogenated alkanes) is 1. The molecule has 0 aliphatic rings. The van der Waals surface area contributed by atoms with Gasteiger partial charge in [-0.3, -0.25) is 4.79 Å². The number of nitrogens with one attached hydrogen (secondary N) is 1. The Labute approximate surface area is 115 Å². The molecule has 0 spiro atoms. The topological polar surface area (TPSA) is 47.6 Å². The number of ether oxygens (including phenoxy) is 2. The molecule has 0 aliphatic heterocycles. The number of methoxy groups -OCH3 is 1. The van der Waals surface area contributed by atoms with E-state index in [4.69, 9.17) is 9.47 Å². The molecule has 0 saturated heterocycles.